The molecule has 1 aromatic carbocycles. The standard InChI is InChI=1S/C20H27N3O3/c24-17(21-14-8-5-11-16-9-3-1-4-10-16)15-23-18(25)20(22-19(23)26)12-6-2-7-13-20/h1,3-4,9-10H,2,5-8,11-15H2,(H,21,24)(H,22,26). The second-order valence-electron chi connectivity index (χ2n) is 7.26. The van der Waals surface area contributed by atoms with E-state index in [-0.39, 0.29) is 18.4 Å². The molecule has 6 nitrogen and oxygen atoms in total. The van der Waals surface area contributed by atoms with Crippen LogP contribution in [-0.4, -0.2) is 41.4 Å². The van der Waals surface area contributed by atoms with Crippen LogP contribution < -0.4 is 10.6 Å². The zero-order valence-electron chi connectivity index (χ0n) is 15.1. The first-order valence-corrected chi connectivity index (χ1v) is 9.55. The van der Waals surface area contributed by atoms with Gasteiger partial charge in [0.2, 0.25) is 5.91 Å². The van der Waals surface area contributed by atoms with E-state index in [4.69, 9.17) is 0 Å². The predicted molar refractivity (Wildman–Crippen MR) is 98.5 cm³/mol. The van der Waals surface area contributed by atoms with Crippen LogP contribution in [0.5, 0.6) is 0 Å². The lowest BCUT2D eigenvalue weighted by molar-refractivity contribution is -0.135. The minimum Gasteiger partial charge on any atom is -0.355 e. The molecule has 1 saturated heterocycles. The van der Waals surface area contributed by atoms with Crippen molar-refractivity contribution in [3.05, 3.63) is 35.9 Å². The van der Waals surface area contributed by atoms with Crippen LogP contribution in [0.1, 0.15) is 50.5 Å². The van der Waals surface area contributed by atoms with Crippen LogP contribution in [0.15, 0.2) is 30.3 Å². The average molecular weight is 357 g/mol. The van der Waals surface area contributed by atoms with Gasteiger partial charge in [0.05, 0.1) is 0 Å². The number of nitrogens with one attached hydrogen (secondary N) is 2. The Kier molecular flexibility index (Phi) is 5.91. The van der Waals surface area contributed by atoms with Crippen molar-refractivity contribution in [1.29, 1.82) is 0 Å². The highest BCUT2D eigenvalue weighted by Gasteiger charge is 2.51. The van der Waals surface area contributed by atoms with Gasteiger partial charge in [0.15, 0.2) is 0 Å². The molecule has 3 rings (SSSR count). The Labute approximate surface area is 154 Å². The summed E-state index contributed by atoms with van der Waals surface area (Å²) in [5.74, 6) is -0.512. The molecule has 1 aromatic rings. The number of amides is 4. The summed E-state index contributed by atoms with van der Waals surface area (Å²) in [6.45, 7) is 0.367. The lowest BCUT2D eigenvalue weighted by Crippen LogP contribution is -2.49. The maximum absolute atomic E-state index is 12.6. The Hall–Kier alpha value is -2.37. The van der Waals surface area contributed by atoms with Crippen molar-refractivity contribution in [3.63, 3.8) is 0 Å². The summed E-state index contributed by atoms with van der Waals surface area (Å²) < 4.78 is 0. The molecule has 0 atom stereocenters. The Morgan fingerprint density at radius 3 is 2.54 bits per heavy atom. The number of hydrogen-bond acceptors (Lipinski definition) is 3. The van der Waals surface area contributed by atoms with E-state index in [2.05, 4.69) is 22.8 Å². The monoisotopic (exact) mass is 357 g/mol. The van der Waals surface area contributed by atoms with Crippen molar-refractivity contribution in [2.24, 2.45) is 0 Å². The fourth-order valence-corrected chi connectivity index (χ4v) is 3.84. The number of imide groups is 1. The summed E-state index contributed by atoms with van der Waals surface area (Å²) in [4.78, 5) is 37.9. The second kappa shape index (κ2) is 8.34. The van der Waals surface area contributed by atoms with Crippen molar-refractivity contribution in [2.75, 3.05) is 13.1 Å². The molecule has 2 fully saturated rings. The Balaban J connectivity index is 1.39. The number of rotatable bonds is 7. The molecule has 4 amide bonds. The third kappa shape index (κ3) is 4.23. The molecule has 0 unspecified atom stereocenters. The number of carbonyl (C=O) groups excluding carboxylic acids is 3. The fraction of sp³-hybridized carbons (Fsp3) is 0.550. The molecule has 26 heavy (non-hydrogen) atoms. The van der Waals surface area contributed by atoms with E-state index in [9.17, 15) is 14.4 Å². The van der Waals surface area contributed by atoms with E-state index < -0.39 is 11.6 Å². The Morgan fingerprint density at radius 1 is 1.08 bits per heavy atom. The molecule has 1 aliphatic carbocycles. The number of hydrogen-bond donors (Lipinski definition) is 2. The van der Waals surface area contributed by atoms with Crippen LogP contribution in [0.25, 0.3) is 0 Å². The predicted octanol–water partition coefficient (Wildman–Crippen LogP) is 2.38. The minimum absolute atomic E-state index is 0.189. The van der Waals surface area contributed by atoms with Gasteiger partial charge in [0.1, 0.15) is 12.1 Å². The molecule has 0 bridgehead atoms. The smallest absolute Gasteiger partial charge is 0.325 e. The second-order valence-corrected chi connectivity index (χ2v) is 7.26. The molecule has 1 heterocycles. The molecule has 1 aliphatic heterocycles. The summed E-state index contributed by atoms with van der Waals surface area (Å²) in [6, 6.07) is 9.80. The molecule has 0 radical (unpaired) electrons. The van der Waals surface area contributed by atoms with Crippen molar-refractivity contribution in [3.8, 4) is 0 Å². The largest absolute Gasteiger partial charge is 0.355 e. The van der Waals surface area contributed by atoms with Crippen molar-refractivity contribution < 1.29 is 14.4 Å². The normalized spacial score (nSPS) is 18.8. The van der Waals surface area contributed by atoms with Gasteiger partial charge >= 0.3 is 6.03 Å². The third-order valence-electron chi connectivity index (χ3n) is 5.31. The maximum atomic E-state index is 12.6. The molecule has 1 saturated carbocycles. The lowest BCUT2D eigenvalue weighted by Gasteiger charge is -2.30. The number of nitrogens with zero attached hydrogens (tertiary/aromatic N) is 1. The highest BCUT2D eigenvalue weighted by molar-refractivity contribution is 6.09. The number of carbonyl (C=O) groups is 3. The number of urea groups is 1. The summed E-state index contributed by atoms with van der Waals surface area (Å²) >= 11 is 0. The van der Waals surface area contributed by atoms with E-state index in [1.807, 2.05) is 18.2 Å². The molecule has 1 spiro atoms. The van der Waals surface area contributed by atoms with Crippen LogP contribution in [-0.2, 0) is 16.0 Å². The zero-order valence-corrected chi connectivity index (χ0v) is 15.1. The average Bonchev–Trinajstić information content (AvgIpc) is 2.87. The van der Waals surface area contributed by atoms with Crippen LogP contribution >= 0.6 is 0 Å². The van der Waals surface area contributed by atoms with Gasteiger partial charge in [-0.15, -0.1) is 0 Å². The van der Waals surface area contributed by atoms with Crippen molar-refractivity contribution >= 4 is 17.8 Å². The van der Waals surface area contributed by atoms with Gasteiger partial charge in [-0.25, -0.2) is 4.79 Å². The van der Waals surface area contributed by atoms with E-state index in [1.54, 1.807) is 0 Å². The highest BCUT2D eigenvalue weighted by Crippen LogP contribution is 2.33. The first-order chi connectivity index (χ1) is 12.6. The SMILES string of the molecule is O=C(CN1C(=O)NC2(CCCCC2)C1=O)NCCCCc1ccccc1. The number of unbranched alkanes of at least 4 members (excludes halogenated alkanes) is 1. The van der Waals surface area contributed by atoms with E-state index in [0.29, 0.717) is 19.4 Å². The maximum Gasteiger partial charge on any atom is 0.325 e. The molecular weight excluding hydrogens is 330 g/mol. The van der Waals surface area contributed by atoms with Gasteiger partial charge in [0, 0.05) is 6.54 Å². The molecule has 2 aliphatic rings. The van der Waals surface area contributed by atoms with Crippen LogP contribution in [0, 0.1) is 0 Å². The van der Waals surface area contributed by atoms with Crippen molar-refractivity contribution in [2.45, 2.75) is 56.9 Å². The van der Waals surface area contributed by atoms with Gasteiger partial charge in [-0.1, -0.05) is 49.6 Å². The van der Waals surface area contributed by atoms with Crippen LogP contribution in [0.3, 0.4) is 0 Å². The van der Waals surface area contributed by atoms with Crippen LogP contribution in [0.2, 0.25) is 0 Å². The molecule has 140 valence electrons. The molecule has 2 N–H and O–H groups in total. The highest BCUT2D eigenvalue weighted by atomic mass is 16.2. The number of aryl methyl sites for hydroxylation is 1. The topological polar surface area (TPSA) is 78.5 Å². The van der Waals surface area contributed by atoms with E-state index in [0.717, 1.165) is 43.4 Å². The summed E-state index contributed by atoms with van der Waals surface area (Å²) in [5.41, 5.74) is 0.529. The van der Waals surface area contributed by atoms with Gasteiger partial charge in [-0.2, -0.15) is 0 Å². The van der Waals surface area contributed by atoms with Gasteiger partial charge in [-0.05, 0) is 37.7 Å². The molecular formula is C20H27N3O3. The van der Waals surface area contributed by atoms with Gasteiger partial charge in [0.25, 0.3) is 5.91 Å². The Morgan fingerprint density at radius 2 is 1.81 bits per heavy atom. The van der Waals surface area contributed by atoms with Crippen molar-refractivity contribution in [1.82, 2.24) is 15.5 Å². The van der Waals surface area contributed by atoms with Gasteiger partial charge < -0.3 is 10.6 Å². The number of benzene rings is 1. The quantitative estimate of drug-likeness (QED) is 0.581. The van der Waals surface area contributed by atoms with Gasteiger partial charge in [-0.3, -0.25) is 14.5 Å². The van der Waals surface area contributed by atoms with Crippen LogP contribution in [0.4, 0.5) is 4.79 Å². The lowest BCUT2D eigenvalue weighted by atomic mass is 9.82. The molecule has 0 aromatic heterocycles. The minimum atomic E-state index is -0.759. The fourth-order valence-electron chi connectivity index (χ4n) is 3.84. The van der Waals surface area contributed by atoms with E-state index in [1.165, 1.54) is 5.56 Å². The summed E-state index contributed by atoms with van der Waals surface area (Å²) in [7, 11) is 0. The van der Waals surface area contributed by atoms with E-state index >= 15 is 0 Å². The summed E-state index contributed by atoms with van der Waals surface area (Å²) in [6.07, 6.45) is 7.15. The summed E-state index contributed by atoms with van der Waals surface area (Å²) in [5, 5.41) is 5.64. The Bertz CT molecular complexity index is 654. The first-order valence-electron chi connectivity index (χ1n) is 9.55. The zero-order chi connectivity index (χ0) is 18.4. The molecule has 6 heteroatoms. The third-order valence-corrected chi connectivity index (χ3v) is 5.31. The first kappa shape index (κ1) is 18.4.